The molecule has 1 rings (SSSR count). The van der Waals surface area contributed by atoms with Gasteiger partial charge < -0.3 is 5.11 Å². The van der Waals surface area contributed by atoms with Crippen LogP contribution in [0.3, 0.4) is 0 Å². The summed E-state index contributed by atoms with van der Waals surface area (Å²) < 4.78 is 0. The normalized spacial score (nSPS) is 11.8. The smallest absolute Gasteiger partial charge is 0.303 e. The molecule has 1 aromatic heterocycles. The molecule has 0 fully saturated rings. The van der Waals surface area contributed by atoms with Crippen LogP contribution < -0.4 is 0 Å². The van der Waals surface area contributed by atoms with Gasteiger partial charge in [0.25, 0.3) is 0 Å². The Bertz CT molecular complexity index is 408. The number of carbonyl (C=O) groups is 1. The number of carboxylic acids is 1. The largest absolute Gasteiger partial charge is 0.481 e. The Hall–Kier alpha value is -0.550. The number of aryl methyl sites for hydroxylation is 1. The van der Waals surface area contributed by atoms with Gasteiger partial charge in [-0.05, 0) is 12.2 Å². The molecule has 0 aliphatic carbocycles. The summed E-state index contributed by atoms with van der Waals surface area (Å²) in [4.78, 5) is 16.5. The lowest BCUT2D eigenvalue weighted by molar-refractivity contribution is -0.136. The van der Waals surface area contributed by atoms with Gasteiger partial charge >= 0.3 is 5.97 Å². The predicted octanol–water partition coefficient (Wildman–Crippen LogP) is 3.71. The van der Waals surface area contributed by atoms with Gasteiger partial charge in [-0.3, -0.25) is 4.79 Å². The van der Waals surface area contributed by atoms with Crippen molar-refractivity contribution >= 4 is 29.1 Å². The van der Waals surface area contributed by atoms with Crippen LogP contribution in [-0.4, -0.2) is 21.8 Å². The monoisotopic (exact) mass is 287 g/mol. The van der Waals surface area contributed by atoms with Crippen LogP contribution in [0, 0.1) is 0 Å². The standard InChI is InChI=1S/C13H21NO2S2/c1-5-17-8-10-14-12(13(2,3)4)9(18-10)6-7-11(15)16/h5-8H2,1-4H3,(H,15,16). The van der Waals surface area contributed by atoms with Gasteiger partial charge in [0.15, 0.2) is 0 Å². The van der Waals surface area contributed by atoms with E-state index in [4.69, 9.17) is 10.1 Å². The Kier molecular flexibility index (Phi) is 5.66. The molecule has 5 heteroatoms. The van der Waals surface area contributed by atoms with Crippen molar-refractivity contribution in [2.75, 3.05) is 5.75 Å². The number of aromatic nitrogens is 1. The molecular weight excluding hydrogens is 266 g/mol. The highest BCUT2D eigenvalue weighted by Gasteiger charge is 2.23. The quantitative estimate of drug-likeness (QED) is 0.866. The molecule has 1 aromatic rings. The van der Waals surface area contributed by atoms with Gasteiger partial charge in [-0.1, -0.05) is 27.7 Å². The minimum absolute atomic E-state index is 0.0144. The second-order valence-electron chi connectivity index (χ2n) is 5.16. The summed E-state index contributed by atoms with van der Waals surface area (Å²) in [5, 5.41) is 9.91. The molecule has 3 nitrogen and oxygen atoms in total. The summed E-state index contributed by atoms with van der Waals surface area (Å²) in [6.07, 6.45) is 0.780. The van der Waals surface area contributed by atoms with Crippen LogP contribution in [0.5, 0.6) is 0 Å². The molecule has 0 aromatic carbocycles. The first-order valence-electron chi connectivity index (χ1n) is 6.13. The third kappa shape index (κ3) is 4.61. The van der Waals surface area contributed by atoms with E-state index < -0.39 is 5.97 Å². The second kappa shape index (κ2) is 6.57. The Morgan fingerprint density at radius 1 is 1.44 bits per heavy atom. The van der Waals surface area contributed by atoms with Crippen molar-refractivity contribution in [1.29, 1.82) is 0 Å². The average molecular weight is 287 g/mol. The maximum absolute atomic E-state index is 10.7. The highest BCUT2D eigenvalue weighted by Crippen LogP contribution is 2.32. The number of rotatable bonds is 6. The molecular formula is C13H21NO2S2. The Labute approximate surface area is 117 Å². The highest BCUT2D eigenvalue weighted by atomic mass is 32.2. The van der Waals surface area contributed by atoms with Crippen molar-refractivity contribution in [1.82, 2.24) is 4.98 Å². The number of hydrogen-bond donors (Lipinski definition) is 1. The van der Waals surface area contributed by atoms with Crippen LogP contribution in [0.2, 0.25) is 0 Å². The van der Waals surface area contributed by atoms with Crippen molar-refractivity contribution in [2.24, 2.45) is 0 Å². The summed E-state index contributed by atoms with van der Waals surface area (Å²) >= 11 is 3.52. The Balaban J connectivity index is 2.90. The molecule has 0 amide bonds. The van der Waals surface area contributed by atoms with E-state index in [1.54, 1.807) is 11.3 Å². The molecule has 0 saturated carbocycles. The lowest BCUT2D eigenvalue weighted by Gasteiger charge is -2.17. The number of carboxylic acid groups (broad SMARTS) is 1. The lowest BCUT2D eigenvalue weighted by atomic mass is 9.90. The van der Waals surface area contributed by atoms with Crippen LogP contribution >= 0.6 is 23.1 Å². The minimum atomic E-state index is -0.743. The van der Waals surface area contributed by atoms with Gasteiger partial charge in [-0.15, -0.1) is 11.3 Å². The van der Waals surface area contributed by atoms with Gasteiger partial charge in [0, 0.05) is 16.0 Å². The average Bonchev–Trinajstić information content (AvgIpc) is 2.66. The number of hydrogen-bond acceptors (Lipinski definition) is 4. The van der Waals surface area contributed by atoms with Crippen LogP contribution in [0.15, 0.2) is 0 Å². The molecule has 18 heavy (non-hydrogen) atoms. The Morgan fingerprint density at radius 3 is 2.61 bits per heavy atom. The lowest BCUT2D eigenvalue weighted by Crippen LogP contribution is -2.14. The number of nitrogens with zero attached hydrogens (tertiary/aromatic N) is 1. The van der Waals surface area contributed by atoms with E-state index in [1.807, 2.05) is 11.8 Å². The molecule has 0 spiro atoms. The van der Waals surface area contributed by atoms with Gasteiger partial charge in [0.2, 0.25) is 0 Å². The first-order chi connectivity index (χ1) is 8.34. The molecule has 0 radical (unpaired) electrons. The predicted molar refractivity (Wildman–Crippen MR) is 78.6 cm³/mol. The number of thiazole rings is 1. The zero-order chi connectivity index (χ0) is 13.8. The van der Waals surface area contributed by atoms with Crippen molar-refractivity contribution < 1.29 is 9.90 Å². The molecule has 0 saturated heterocycles. The molecule has 0 aliphatic rings. The number of aliphatic carboxylic acids is 1. The van der Waals surface area contributed by atoms with Crippen LogP contribution in [-0.2, 0) is 22.4 Å². The third-order valence-corrected chi connectivity index (χ3v) is 4.63. The van der Waals surface area contributed by atoms with Crippen molar-refractivity contribution in [3.63, 3.8) is 0 Å². The van der Waals surface area contributed by atoms with Gasteiger partial charge in [0.1, 0.15) is 5.01 Å². The Morgan fingerprint density at radius 2 is 2.11 bits per heavy atom. The summed E-state index contributed by atoms with van der Waals surface area (Å²) in [5.41, 5.74) is 1.06. The van der Waals surface area contributed by atoms with Crippen molar-refractivity contribution in [3.05, 3.63) is 15.6 Å². The zero-order valence-electron chi connectivity index (χ0n) is 11.4. The van der Waals surface area contributed by atoms with Crippen LogP contribution in [0.1, 0.15) is 49.7 Å². The van der Waals surface area contributed by atoms with E-state index in [0.717, 1.165) is 27.1 Å². The molecule has 0 aliphatic heterocycles. The molecule has 1 N–H and O–H groups in total. The number of thioether (sulfide) groups is 1. The topological polar surface area (TPSA) is 50.2 Å². The molecule has 0 unspecified atom stereocenters. The fraction of sp³-hybridized carbons (Fsp3) is 0.692. The van der Waals surface area contributed by atoms with Crippen LogP contribution in [0.25, 0.3) is 0 Å². The third-order valence-electron chi connectivity index (χ3n) is 2.45. The zero-order valence-corrected chi connectivity index (χ0v) is 13.1. The highest BCUT2D eigenvalue weighted by molar-refractivity contribution is 7.98. The van der Waals surface area contributed by atoms with E-state index in [1.165, 1.54) is 0 Å². The summed E-state index contributed by atoms with van der Waals surface area (Å²) in [7, 11) is 0. The fourth-order valence-electron chi connectivity index (χ4n) is 1.63. The maximum Gasteiger partial charge on any atom is 0.303 e. The van der Waals surface area contributed by atoms with Gasteiger partial charge in [-0.2, -0.15) is 11.8 Å². The summed E-state index contributed by atoms with van der Waals surface area (Å²) in [5.74, 6) is 1.26. The maximum atomic E-state index is 10.7. The fourth-order valence-corrected chi connectivity index (χ4v) is 3.63. The molecule has 1 heterocycles. The van der Waals surface area contributed by atoms with E-state index in [9.17, 15) is 4.79 Å². The van der Waals surface area contributed by atoms with E-state index >= 15 is 0 Å². The van der Waals surface area contributed by atoms with Crippen molar-refractivity contribution in [2.45, 2.75) is 51.7 Å². The first-order valence-corrected chi connectivity index (χ1v) is 8.10. The first kappa shape index (κ1) is 15.5. The minimum Gasteiger partial charge on any atom is -0.481 e. The van der Waals surface area contributed by atoms with E-state index in [0.29, 0.717) is 6.42 Å². The second-order valence-corrected chi connectivity index (χ2v) is 7.60. The SMILES string of the molecule is CCSCc1nc(C(C)(C)C)c(CCC(=O)O)s1. The molecule has 0 atom stereocenters. The van der Waals surface area contributed by atoms with E-state index in [2.05, 4.69) is 27.7 Å². The summed E-state index contributed by atoms with van der Waals surface area (Å²) in [6.45, 7) is 8.52. The van der Waals surface area contributed by atoms with E-state index in [-0.39, 0.29) is 11.8 Å². The van der Waals surface area contributed by atoms with Crippen molar-refractivity contribution in [3.8, 4) is 0 Å². The van der Waals surface area contributed by atoms with Gasteiger partial charge in [0.05, 0.1) is 12.1 Å². The van der Waals surface area contributed by atoms with Crippen LogP contribution in [0.4, 0.5) is 0 Å². The van der Waals surface area contributed by atoms with Gasteiger partial charge in [-0.25, -0.2) is 4.98 Å². The molecule has 102 valence electrons. The summed E-state index contributed by atoms with van der Waals surface area (Å²) in [6, 6.07) is 0. The molecule has 0 bridgehead atoms.